The molecule has 3 rings (SSSR count). The summed E-state index contributed by atoms with van der Waals surface area (Å²) in [4.78, 5) is 30.7. The molecule has 0 atom stereocenters. The molecule has 0 saturated heterocycles. The average molecular weight is 326 g/mol. The lowest BCUT2D eigenvalue weighted by atomic mass is 10.1. The Morgan fingerprint density at radius 2 is 1.96 bits per heavy atom. The molecule has 7 nitrogen and oxygen atoms in total. The highest BCUT2D eigenvalue weighted by Crippen LogP contribution is 2.24. The molecule has 0 aliphatic heterocycles. The van der Waals surface area contributed by atoms with Gasteiger partial charge < -0.3 is 0 Å². The number of rotatable bonds is 4. The van der Waals surface area contributed by atoms with E-state index < -0.39 is 10.7 Å². The van der Waals surface area contributed by atoms with E-state index in [1.54, 1.807) is 0 Å². The topological polar surface area (TPSA) is 90.9 Å². The van der Waals surface area contributed by atoms with Gasteiger partial charge in [0.05, 0.1) is 17.0 Å². The Bertz CT molecular complexity index is 892. The van der Waals surface area contributed by atoms with E-state index in [1.807, 2.05) is 0 Å². The lowest BCUT2D eigenvalue weighted by Gasteiger charge is -2.06. The average Bonchev–Trinajstić information content (AvgIpc) is 3.10. The highest BCUT2D eigenvalue weighted by molar-refractivity contribution is 5.81. The summed E-state index contributed by atoms with van der Waals surface area (Å²) in [6, 6.07) is 8.35. The number of benzene rings is 1. The number of carbonyl (C=O) groups is 1. The lowest BCUT2D eigenvalue weighted by Crippen LogP contribution is -2.14. The van der Waals surface area contributed by atoms with Gasteiger partial charge in [-0.2, -0.15) is 0 Å². The molecule has 120 valence electrons. The maximum atomic E-state index is 13.0. The number of pyridine rings is 1. The molecule has 1 aromatic carbocycles. The fourth-order valence-electron chi connectivity index (χ4n) is 2.21. The summed E-state index contributed by atoms with van der Waals surface area (Å²) in [7, 11) is 0. The highest BCUT2D eigenvalue weighted by atomic mass is 19.1. The maximum Gasteiger partial charge on any atom is 0.291 e. The summed E-state index contributed by atoms with van der Waals surface area (Å²) in [6.07, 6.45) is 3.96. The molecule has 8 heteroatoms. The first-order valence-corrected chi connectivity index (χ1v) is 6.96. The van der Waals surface area contributed by atoms with Gasteiger partial charge >= 0.3 is 0 Å². The normalized spacial score (nSPS) is 10.5. The minimum absolute atomic E-state index is 0.0422. The molecule has 2 heterocycles. The standard InChI is InChI=1S/C16H11FN4O3/c17-12-3-1-11(2-4-12)13-5-6-15(21(23)24)14(19-13)9-16(22)20-8-7-18-10-20/h1-8,10H,9H2. The van der Waals surface area contributed by atoms with Crippen LogP contribution in [0.5, 0.6) is 0 Å². The van der Waals surface area contributed by atoms with Gasteiger partial charge in [-0.1, -0.05) is 0 Å². The first-order valence-electron chi connectivity index (χ1n) is 6.96. The summed E-state index contributed by atoms with van der Waals surface area (Å²) < 4.78 is 14.2. The van der Waals surface area contributed by atoms with Crippen molar-refractivity contribution < 1.29 is 14.1 Å². The van der Waals surface area contributed by atoms with Gasteiger partial charge in [0.15, 0.2) is 0 Å². The van der Waals surface area contributed by atoms with Crippen molar-refractivity contribution in [1.29, 1.82) is 0 Å². The molecule has 0 saturated carbocycles. The minimum Gasteiger partial charge on any atom is -0.276 e. The van der Waals surface area contributed by atoms with E-state index in [0.717, 1.165) is 0 Å². The third-order valence-electron chi connectivity index (χ3n) is 3.40. The zero-order chi connectivity index (χ0) is 17.1. The van der Waals surface area contributed by atoms with Crippen molar-refractivity contribution in [2.24, 2.45) is 0 Å². The molecule has 0 N–H and O–H groups in total. The lowest BCUT2D eigenvalue weighted by molar-refractivity contribution is -0.385. The van der Waals surface area contributed by atoms with E-state index in [4.69, 9.17) is 0 Å². The molecule has 0 spiro atoms. The molecule has 0 radical (unpaired) electrons. The third kappa shape index (κ3) is 3.17. The summed E-state index contributed by atoms with van der Waals surface area (Å²) in [6.45, 7) is 0. The SMILES string of the molecule is O=C(Cc1nc(-c2ccc(F)cc2)ccc1[N+](=O)[O-])n1ccnc1. The van der Waals surface area contributed by atoms with E-state index in [9.17, 15) is 19.3 Å². The van der Waals surface area contributed by atoms with Crippen molar-refractivity contribution in [3.05, 3.63) is 76.7 Å². The second-order valence-corrected chi connectivity index (χ2v) is 4.97. The second-order valence-electron chi connectivity index (χ2n) is 4.97. The van der Waals surface area contributed by atoms with Crippen LogP contribution >= 0.6 is 0 Å². The monoisotopic (exact) mass is 326 g/mol. The van der Waals surface area contributed by atoms with Crippen molar-refractivity contribution in [3.8, 4) is 11.3 Å². The van der Waals surface area contributed by atoms with Crippen LogP contribution in [-0.4, -0.2) is 25.4 Å². The summed E-state index contributed by atoms with van der Waals surface area (Å²) >= 11 is 0. The minimum atomic E-state index is -0.585. The Balaban J connectivity index is 1.98. The summed E-state index contributed by atoms with van der Waals surface area (Å²) in [5.74, 6) is -0.782. The van der Waals surface area contributed by atoms with Crippen LogP contribution in [0, 0.1) is 15.9 Å². The summed E-state index contributed by atoms with van der Waals surface area (Å²) in [5.41, 5.74) is 0.825. The molecular formula is C16H11FN4O3. The van der Waals surface area contributed by atoms with Crippen LogP contribution < -0.4 is 0 Å². The first kappa shape index (κ1) is 15.5. The number of nitrogens with zero attached hydrogens (tertiary/aromatic N) is 4. The number of hydrogen-bond acceptors (Lipinski definition) is 5. The molecule has 0 aliphatic carbocycles. The van der Waals surface area contributed by atoms with E-state index in [2.05, 4.69) is 9.97 Å². The summed E-state index contributed by atoms with van der Waals surface area (Å²) in [5, 5.41) is 11.2. The van der Waals surface area contributed by atoms with Gasteiger partial charge in [0, 0.05) is 24.0 Å². The van der Waals surface area contributed by atoms with Gasteiger partial charge in [-0.3, -0.25) is 19.5 Å². The van der Waals surface area contributed by atoms with Crippen LogP contribution in [0.2, 0.25) is 0 Å². The van der Waals surface area contributed by atoms with Crippen LogP contribution in [0.1, 0.15) is 10.5 Å². The molecule has 24 heavy (non-hydrogen) atoms. The molecule has 3 aromatic rings. The fourth-order valence-corrected chi connectivity index (χ4v) is 2.21. The van der Waals surface area contributed by atoms with E-state index >= 15 is 0 Å². The Labute approximate surface area is 135 Å². The largest absolute Gasteiger partial charge is 0.291 e. The van der Waals surface area contributed by atoms with E-state index in [-0.39, 0.29) is 23.7 Å². The third-order valence-corrected chi connectivity index (χ3v) is 3.40. The first-order chi connectivity index (χ1) is 11.5. The molecular weight excluding hydrogens is 315 g/mol. The van der Waals surface area contributed by atoms with Gasteiger partial charge in [-0.05, 0) is 30.3 Å². The van der Waals surface area contributed by atoms with Crippen LogP contribution in [0.25, 0.3) is 11.3 Å². The van der Waals surface area contributed by atoms with Crippen LogP contribution in [0.15, 0.2) is 55.1 Å². The molecule has 0 unspecified atom stereocenters. The van der Waals surface area contributed by atoms with Gasteiger partial charge in [-0.25, -0.2) is 14.4 Å². The molecule has 0 fully saturated rings. The molecule has 0 bridgehead atoms. The van der Waals surface area contributed by atoms with Gasteiger partial charge in [0.2, 0.25) is 5.91 Å². The smallest absolute Gasteiger partial charge is 0.276 e. The van der Waals surface area contributed by atoms with E-state index in [0.29, 0.717) is 11.3 Å². The number of hydrogen-bond donors (Lipinski definition) is 0. The van der Waals surface area contributed by atoms with Gasteiger partial charge in [0.25, 0.3) is 5.69 Å². The van der Waals surface area contributed by atoms with Crippen LogP contribution in [0.3, 0.4) is 0 Å². The Hall–Kier alpha value is -3.42. The van der Waals surface area contributed by atoms with Crippen molar-refractivity contribution in [1.82, 2.24) is 14.5 Å². The van der Waals surface area contributed by atoms with Crippen LogP contribution in [-0.2, 0) is 6.42 Å². The predicted octanol–water partition coefficient (Wildman–Crippen LogP) is 2.88. The van der Waals surface area contributed by atoms with Crippen molar-refractivity contribution in [2.75, 3.05) is 0 Å². The molecule has 0 amide bonds. The van der Waals surface area contributed by atoms with Crippen LogP contribution in [0.4, 0.5) is 10.1 Å². The maximum absolute atomic E-state index is 13.0. The zero-order valence-electron chi connectivity index (χ0n) is 12.3. The Morgan fingerprint density at radius 3 is 2.58 bits per heavy atom. The number of carbonyl (C=O) groups excluding carboxylic acids is 1. The number of nitro groups is 1. The molecule has 2 aromatic heterocycles. The van der Waals surface area contributed by atoms with Crippen molar-refractivity contribution in [2.45, 2.75) is 6.42 Å². The van der Waals surface area contributed by atoms with Gasteiger partial charge in [0.1, 0.15) is 17.8 Å². The number of imidazole rings is 1. The number of halogens is 1. The van der Waals surface area contributed by atoms with Gasteiger partial charge in [-0.15, -0.1) is 0 Å². The van der Waals surface area contributed by atoms with Crippen molar-refractivity contribution >= 4 is 11.6 Å². The Kier molecular flexibility index (Phi) is 4.11. The highest BCUT2D eigenvalue weighted by Gasteiger charge is 2.20. The second kappa shape index (κ2) is 6.37. The van der Waals surface area contributed by atoms with E-state index in [1.165, 1.54) is 59.7 Å². The predicted molar refractivity (Wildman–Crippen MR) is 82.8 cm³/mol. The fraction of sp³-hybridized carbons (Fsp3) is 0.0625. The number of aromatic nitrogens is 3. The van der Waals surface area contributed by atoms with Crippen molar-refractivity contribution in [3.63, 3.8) is 0 Å². The Morgan fingerprint density at radius 1 is 1.21 bits per heavy atom. The molecule has 0 aliphatic rings. The zero-order valence-corrected chi connectivity index (χ0v) is 12.3. The quantitative estimate of drug-likeness (QED) is 0.543.